The van der Waals surface area contributed by atoms with Gasteiger partial charge >= 0.3 is 0 Å². The number of ether oxygens (including phenoxy) is 3. The zero-order chi connectivity index (χ0) is 34.0. The second kappa shape index (κ2) is 12.7. The minimum Gasteiger partial charge on any atom is -0.490 e. The van der Waals surface area contributed by atoms with Gasteiger partial charge in [0.15, 0.2) is 0 Å². The second-order valence-electron chi connectivity index (χ2n) is 15.5. The molecule has 1 unspecified atom stereocenters. The molecule has 0 aromatic heterocycles. The summed E-state index contributed by atoms with van der Waals surface area (Å²) in [6.45, 7) is 4.87. The highest BCUT2D eigenvalue weighted by atomic mass is 35.5. The van der Waals surface area contributed by atoms with Crippen LogP contribution in [0.4, 0.5) is 5.69 Å². The van der Waals surface area contributed by atoms with Crippen LogP contribution >= 0.6 is 11.6 Å². The van der Waals surface area contributed by atoms with Crippen molar-refractivity contribution in [2.24, 2.45) is 33.4 Å². The van der Waals surface area contributed by atoms with E-state index in [1.807, 2.05) is 25.1 Å². The van der Waals surface area contributed by atoms with Crippen LogP contribution in [0.15, 0.2) is 52.9 Å². The van der Waals surface area contributed by atoms with E-state index in [0.29, 0.717) is 50.1 Å². The number of methoxy groups -OCH3 is 1. The molecule has 8 atom stereocenters. The SMILES string of the molecule is CO[C@H]1/C=C/C[C@H](C)C[S@@](=O)(NC(=O)[C@@]23COCC2C3)=NC(=O)c2ccc3c(c2)N(C[C@@H]2CC[C@H]21)C[C@@]1(CCCc2cc(Cl)ccc21)CO3. The number of carbonyl (C=O) groups is 2. The summed E-state index contributed by atoms with van der Waals surface area (Å²) in [5.41, 5.74) is 2.82. The number of benzene rings is 2. The Labute approximate surface area is 294 Å². The van der Waals surface area contributed by atoms with E-state index in [2.05, 4.69) is 38.3 Å². The van der Waals surface area contributed by atoms with E-state index in [1.54, 1.807) is 13.2 Å². The Morgan fingerprint density at radius 2 is 2.06 bits per heavy atom. The van der Waals surface area contributed by atoms with Crippen molar-refractivity contribution >= 4 is 39.0 Å². The molecule has 3 fully saturated rings. The van der Waals surface area contributed by atoms with Crippen LogP contribution in [0, 0.1) is 29.1 Å². The predicted octanol–water partition coefficient (Wildman–Crippen LogP) is 6.13. The minimum atomic E-state index is -3.44. The summed E-state index contributed by atoms with van der Waals surface area (Å²) < 4.78 is 39.9. The predicted molar refractivity (Wildman–Crippen MR) is 189 cm³/mol. The molecule has 9 nitrogen and oxygen atoms in total. The highest BCUT2D eigenvalue weighted by Gasteiger charge is 2.64. The summed E-state index contributed by atoms with van der Waals surface area (Å²) in [6.07, 6.45) is 10.7. The first-order chi connectivity index (χ1) is 23.6. The van der Waals surface area contributed by atoms with Gasteiger partial charge < -0.3 is 19.1 Å². The van der Waals surface area contributed by atoms with Crippen molar-refractivity contribution in [3.05, 3.63) is 70.3 Å². The first-order valence-corrected chi connectivity index (χ1v) is 19.9. The lowest BCUT2D eigenvalue weighted by atomic mass is 9.68. The van der Waals surface area contributed by atoms with E-state index in [4.69, 9.17) is 25.8 Å². The molecule has 49 heavy (non-hydrogen) atoms. The normalized spacial score (nSPS) is 37.3. The Hall–Kier alpha value is -2.92. The van der Waals surface area contributed by atoms with Crippen LogP contribution in [0.5, 0.6) is 5.75 Å². The Balaban J connectivity index is 1.19. The maximum absolute atomic E-state index is 14.5. The summed E-state index contributed by atoms with van der Waals surface area (Å²) in [6, 6.07) is 11.7. The molecule has 2 amide bonds. The zero-order valence-corrected chi connectivity index (χ0v) is 29.9. The minimum absolute atomic E-state index is 0.0389. The number of nitrogens with zero attached hydrogens (tertiary/aromatic N) is 2. The molecule has 8 rings (SSSR count). The van der Waals surface area contributed by atoms with Crippen LogP contribution in [0.3, 0.4) is 0 Å². The number of allylic oxidation sites excluding steroid dienone is 1. The Kier molecular flexibility index (Phi) is 8.61. The maximum Gasteiger partial charge on any atom is 0.286 e. The van der Waals surface area contributed by atoms with E-state index in [-0.39, 0.29) is 35.0 Å². The third-order valence-electron chi connectivity index (χ3n) is 12.1. The second-order valence-corrected chi connectivity index (χ2v) is 17.9. The number of carbonyl (C=O) groups excluding carboxylic acids is 2. The third kappa shape index (κ3) is 6.10. The van der Waals surface area contributed by atoms with E-state index in [9.17, 15) is 13.8 Å². The van der Waals surface area contributed by atoms with Gasteiger partial charge in [0.05, 0.1) is 42.8 Å². The molecule has 2 bridgehead atoms. The monoisotopic (exact) mass is 707 g/mol. The summed E-state index contributed by atoms with van der Waals surface area (Å²) >= 11 is 6.45. The van der Waals surface area contributed by atoms with Gasteiger partial charge in [-0.25, -0.2) is 4.21 Å². The topological polar surface area (TPSA) is 107 Å². The van der Waals surface area contributed by atoms with Gasteiger partial charge in [-0.15, -0.1) is 4.36 Å². The van der Waals surface area contributed by atoms with Crippen LogP contribution < -0.4 is 14.4 Å². The number of rotatable bonds is 3. The highest BCUT2D eigenvalue weighted by molar-refractivity contribution is 7.92. The fourth-order valence-electron chi connectivity index (χ4n) is 9.12. The van der Waals surface area contributed by atoms with Gasteiger partial charge in [0, 0.05) is 42.1 Å². The first kappa shape index (κ1) is 33.2. The van der Waals surface area contributed by atoms with Crippen LogP contribution in [0.25, 0.3) is 0 Å². The van der Waals surface area contributed by atoms with Crippen molar-refractivity contribution < 1.29 is 28.0 Å². The van der Waals surface area contributed by atoms with Gasteiger partial charge in [-0.1, -0.05) is 36.7 Å². The lowest BCUT2D eigenvalue weighted by Crippen LogP contribution is -2.49. The summed E-state index contributed by atoms with van der Waals surface area (Å²) in [5.74, 6) is 0.636. The Bertz CT molecular complexity index is 1820. The summed E-state index contributed by atoms with van der Waals surface area (Å²) in [4.78, 5) is 29.9. The van der Waals surface area contributed by atoms with Gasteiger partial charge in [-0.3, -0.25) is 14.3 Å². The molecule has 1 spiro atoms. The van der Waals surface area contributed by atoms with Crippen molar-refractivity contribution in [2.75, 3.05) is 50.7 Å². The maximum atomic E-state index is 14.5. The van der Waals surface area contributed by atoms with Gasteiger partial charge in [-0.2, -0.15) is 0 Å². The fourth-order valence-corrected chi connectivity index (χ4v) is 11.3. The summed E-state index contributed by atoms with van der Waals surface area (Å²) in [5, 5.41) is 0.747. The molecule has 6 aliphatic rings. The third-order valence-corrected chi connectivity index (χ3v) is 14.4. The molecule has 3 heterocycles. The Morgan fingerprint density at radius 3 is 2.82 bits per heavy atom. The van der Waals surface area contributed by atoms with E-state index in [0.717, 1.165) is 61.7 Å². The molecule has 1 N–H and O–H groups in total. The standard InChI is InChI=1S/C38H46ClN3O6S/c1-24-5-3-7-33(46-2)30-11-8-27(30)18-42-21-37(14-4-6-25-15-29(39)10-12-31(25)37)22-48-34-13-9-26(16-32(34)42)35(43)40-49(45,20-24)41-36(44)38-17-28(38)19-47-23-38/h3,7,9-10,12-13,15-16,24,27-28,30,33H,4-6,8,11,14,17-23H2,1-2H3,(H,40,41,43,44,45)/b7-3+/t24-,27-,28?,30+,33-,37-,38-,49-/m0/s1. The van der Waals surface area contributed by atoms with Crippen LogP contribution in [-0.2, 0) is 36.0 Å². The van der Waals surface area contributed by atoms with Crippen molar-refractivity contribution in [3.63, 3.8) is 0 Å². The quantitative estimate of drug-likeness (QED) is 0.383. The van der Waals surface area contributed by atoms with Crippen LogP contribution in [0.1, 0.15) is 66.9 Å². The van der Waals surface area contributed by atoms with E-state index in [1.165, 1.54) is 11.1 Å². The average Bonchev–Trinajstić information content (AvgIpc) is 3.67. The summed E-state index contributed by atoms with van der Waals surface area (Å²) in [7, 11) is -1.67. The molecule has 1 saturated heterocycles. The Morgan fingerprint density at radius 1 is 1.18 bits per heavy atom. The average molecular weight is 708 g/mol. The van der Waals surface area contributed by atoms with Gasteiger partial charge in [0.2, 0.25) is 5.91 Å². The molecule has 2 aromatic rings. The number of aryl methyl sites for hydroxylation is 1. The zero-order valence-electron chi connectivity index (χ0n) is 28.3. The molecule has 3 aliphatic carbocycles. The van der Waals surface area contributed by atoms with E-state index < -0.39 is 21.2 Å². The first-order valence-electron chi connectivity index (χ1n) is 17.8. The largest absolute Gasteiger partial charge is 0.490 e. The van der Waals surface area contributed by atoms with Crippen LogP contribution in [-0.4, -0.2) is 67.9 Å². The molecule has 3 aliphatic heterocycles. The number of anilines is 1. The van der Waals surface area contributed by atoms with Crippen molar-refractivity contribution in [1.29, 1.82) is 0 Å². The fraction of sp³-hybridized carbons (Fsp3) is 0.579. The van der Waals surface area contributed by atoms with Crippen molar-refractivity contribution in [3.8, 4) is 5.75 Å². The molecule has 262 valence electrons. The number of amides is 2. The number of hydrogen-bond donors (Lipinski definition) is 1. The van der Waals surface area contributed by atoms with Crippen molar-refractivity contribution in [2.45, 2.75) is 63.4 Å². The number of fused-ring (bicyclic) bond motifs is 5. The number of hydrogen-bond acceptors (Lipinski definition) is 7. The molecule has 2 saturated carbocycles. The van der Waals surface area contributed by atoms with Gasteiger partial charge in [0.25, 0.3) is 5.91 Å². The number of nitrogens with one attached hydrogen (secondary N) is 1. The van der Waals surface area contributed by atoms with Crippen molar-refractivity contribution in [1.82, 2.24) is 4.72 Å². The molecule has 2 aromatic carbocycles. The van der Waals surface area contributed by atoms with Gasteiger partial charge in [-0.05, 0) is 104 Å². The smallest absolute Gasteiger partial charge is 0.286 e. The highest BCUT2D eigenvalue weighted by Crippen LogP contribution is 2.57. The van der Waals surface area contributed by atoms with Crippen LogP contribution in [0.2, 0.25) is 5.02 Å². The molecular formula is C38H46ClN3O6S. The molecule has 0 radical (unpaired) electrons. The van der Waals surface area contributed by atoms with Gasteiger partial charge in [0.1, 0.15) is 15.7 Å². The lowest BCUT2D eigenvalue weighted by Gasteiger charge is -2.46. The number of halogens is 1. The molecule has 11 heteroatoms. The lowest BCUT2D eigenvalue weighted by molar-refractivity contribution is -0.125. The van der Waals surface area contributed by atoms with E-state index >= 15 is 0 Å². The molecular weight excluding hydrogens is 662 g/mol.